The first-order chi connectivity index (χ1) is 11.3. The third kappa shape index (κ3) is 11.3. The molecule has 0 spiro atoms. The Morgan fingerprint density at radius 2 is 1.68 bits per heavy atom. The number of aliphatic carboxylic acids is 1. The fraction of sp³-hybridized carbons (Fsp3) is 0.889. The Hall–Kier alpha value is -0.950. The number of carbonyl (C=O) groups is 2. The van der Waals surface area contributed by atoms with E-state index in [4.69, 9.17) is 14.0 Å². The predicted octanol–water partition coefficient (Wildman–Crippen LogP) is 4.48. The van der Waals surface area contributed by atoms with E-state index in [1.54, 1.807) is 27.0 Å². The third-order valence-electron chi connectivity index (χ3n) is 3.84. The summed E-state index contributed by atoms with van der Waals surface area (Å²) in [7, 11) is 0. The molecule has 3 atom stereocenters. The lowest BCUT2D eigenvalue weighted by Crippen LogP contribution is -2.43. The summed E-state index contributed by atoms with van der Waals surface area (Å²) in [5, 5.41) is 11.7. The molecule has 1 rings (SSSR count). The summed E-state index contributed by atoms with van der Waals surface area (Å²) in [6.07, 6.45) is 2.95. The van der Waals surface area contributed by atoms with Gasteiger partial charge in [0.25, 0.3) is 0 Å². The lowest BCUT2D eigenvalue weighted by Gasteiger charge is -2.24. The van der Waals surface area contributed by atoms with Gasteiger partial charge in [0.2, 0.25) is 0 Å². The number of carbonyl (C=O) groups excluding carboxylic acids is 1. The molecule has 148 valence electrons. The van der Waals surface area contributed by atoms with Crippen molar-refractivity contribution >= 4 is 24.1 Å². The molecule has 0 aromatic heterocycles. The van der Waals surface area contributed by atoms with Gasteiger partial charge in [-0.15, -0.1) is 0 Å². The Kier molecular flexibility index (Phi) is 9.87. The Labute approximate surface area is 156 Å². The van der Waals surface area contributed by atoms with Gasteiger partial charge in [0.1, 0.15) is 5.60 Å². The van der Waals surface area contributed by atoms with Crippen molar-refractivity contribution in [3.8, 4) is 0 Å². The first-order valence-electron chi connectivity index (χ1n) is 8.71. The second-order valence-corrected chi connectivity index (χ2v) is 9.00. The number of nitrogens with one attached hydrogen (secondary N) is 1. The molecular weight excluding hydrogens is 342 g/mol. The van der Waals surface area contributed by atoms with Crippen LogP contribution in [0.25, 0.3) is 0 Å². The second-order valence-electron chi connectivity index (χ2n) is 8.47. The Balaban J connectivity index is 0.000000823. The van der Waals surface area contributed by atoms with E-state index in [1.807, 2.05) is 0 Å². The molecule has 0 radical (unpaired) electrons. The second kappa shape index (κ2) is 10.3. The number of rotatable bonds is 4. The van der Waals surface area contributed by atoms with Crippen LogP contribution in [0.3, 0.4) is 0 Å². The van der Waals surface area contributed by atoms with E-state index in [9.17, 15) is 9.59 Å². The molecule has 1 amide bonds. The van der Waals surface area contributed by atoms with Gasteiger partial charge < -0.3 is 19.3 Å². The van der Waals surface area contributed by atoms with Gasteiger partial charge in [0.15, 0.2) is 0 Å². The normalized spacial score (nSPS) is 23.4. The van der Waals surface area contributed by atoms with Gasteiger partial charge in [-0.3, -0.25) is 4.79 Å². The number of carboxylic acids is 1. The molecule has 25 heavy (non-hydrogen) atoms. The number of alkyl carbamates (subject to hydrolysis) is 1. The zero-order valence-corrected chi connectivity index (χ0v) is 17.7. The maximum absolute atomic E-state index is 11.7. The quantitative estimate of drug-likeness (QED) is 0.703. The minimum atomic E-state index is -0.858. The highest BCUT2D eigenvalue weighted by molar-refractivity contribution is 7.93. The van der Waals surface area contributed by atoms with Gasteiger partial charge in [-0.25, -0.2) is 4.79 Å². The monoisotopic (exact) mass is 377 g/mol. The van der Waals surface area contributed by atoms with Gasteiger partial charge in [-0.1, -0.05) is 34.1 Å². The van der Waals surface area contributed by atoms with Gasteiger partial charge in [0, 0.05) is 6.26 Å². The third-order valence-corrected chi connectivity index (χ3v) is 4.28. The number of amides is 1. The van der Waals surface area contributed by atoms with Crippen LogP contribution in [0.1, 0.15) is 67.7 Å². The van der Waals surface area contributed by atoms with E-state index < -0.39 is 23.6 Å². The van der Waals surface area contributed by atoms with Crippen LogP contribution >= 0.6 is 12.0 Å². The first kappa shape index (κ1) is 24.1. The minimum absolute atomic E-state index is 0.302. The van der Waals surface area contributed by atoms with E-state index in [-0.39, 0.29) is 12.1 Å². The first-order valence-corrected chi connectivity index (χ1v) is 9.85. The molecule has 0 aliphatic heterocycles. The molecule has 1 fully saturated rings. The fourth-order valence-electron chi connectivity index (χ4n) is 2.04. The van der Waals surface area contributed by atoms with Gasteiger partial charge in [0.05, 0.1) is 18.1 Å². The molecule has 0 unspecified atom stereocenters. The van der Waals surface area contributed by atoms with Crippen molar-refractivity contribution < 1.29 is 23.6 Å². The van der Waals surface area contributed by atoms with E-state index in [0.717, 1.165) is 0 Å². The standard InChI is InChI=1S/C12H21NO5S.C6H14/c1-12(2,3)17-11(16)13-8-5-7(10(14)15)6-9(8)18-19-4;1-5-6(2,3)4/h7-9H,5-6H2,1-4H3,(H,13,16)(H,14,15);5H2,1-4H3/t7-,8+,9-;/m0./s1. The lowest BCUT2D eigenvalue weighted by molar-refractivity contribution is -0.141. The Morgan fingerprint density at radius 3 is 2.04 bits per heavy atom. The predicted molar refractivity (Wildman–Crippen MR) is 102 cm³/mol. The molecule has 0 aromatic carbocycles. The molecule has 1 aliphatic rings. The van der Waals surface area contributed by atoms with Crippen LogP contribution in [0.4, 0.5) is 4.79 Å². The summed E-state index contributed by atoms with van der Waals surface area (Å²) in [5.74, 6) is -1.35. The van der Waals surface area contributed by atoms with Crippen molar-refractivity contribution in [3.63, 3.8) is 0 Å². The highest BCUT2D eigenvalue weighted by Gasteiger charge is 2.40. The van der Waals surface area contributed by atoms with E-state index in [0.29, 0.717) is 18.3 Å². The van der Waals surface area contributed by atoms with Crippen molar-refractivity contribution in [1.82, 2.24) is 5.32 Å². The average molecular weight is 378 g/mol. The number of carboxylic acid groups (broad SMARTS) is 1. The Bertz CT molecular complexity index is 428. The van der Waals surface area contributed by atoms with E-state index >= 15 is 0 Å². The van der Waals surface area contributed by atoms with E-state index in [1.165, 1.54) is 18.5 Å². The van der Waals surface area contributed by atoms with Crippen LogP contribution < -0.4 is 5.32 Å². The van der Waals surface area contributed by atoms with Crippen LogP contribution in [0.15, 0.2) is 0 Å². The topological polar surface area (TPSA) is 84.9 Å². The smallest absolute Gasteiger partial charge is 0.407 e. The summed E-state index contributed by atoms with van der Waals surface area (Å²) in [6.45, 7) is 14.3. The highest BCUT2D eigenvalue weighted by atomic mass is 32.2. The van der Waals surface area contributed by atoms with Gasteiger partial charge >= 0.3 is 12.1 Å². The zero-order valence-electron chi connectivity index (χ0n) is 16.8. The SMILES string of the molecule is CCC(C)(C)C.CSO[C@H]1C[C@@H](C(=O)O)C[C@H]1NC(=O)OC(C)(C)C. The van der Waals surface area contributed by atoms with Crippen molar-refractivity contribution in [2.45, 2.75) is 85.5 Å². The highest BCUT2D eigenvalue weighted by Crippen LogP contribution is 2.30. The largest absolute Gasteiger partial charge is 0.481 e. The van der Waals surface area contributed by atoms with Crippen molar-refractivity contribution in [3.05, 3.63) is 0 Å². The fourth-order valence-corrected chi connectivity index (χ4v) is 2.50. The van der Waals surface area contributed by atoms with Gasteiger partial charge in [-0.05, 0) is 51.1 Å². The lowest BCUT2D eigenvalue weighted by atomic mass is 9.94. The van der Waals surface area contributed by atoms with Crippen LogP contribution in [0, 0.1) is 11.3 Å². The van der Waals surface area contributed by atoms with Crippen LogP contribution in [-0.4, -0.2) is 41.2 Å². The number of hydrogen-bond acceptors (Lipinski definition) is 5. The average Bonchev–Trinajstić information content (AvgIpc) is 2.80. The molecule has 7 heteroatoms. The summed E-state index contributed by atoms with van der Waals surface area (Å²) in [6, 6.07) is -0.330. The molecule has 0 aromatic rings. The molecule has 2 N–H and O–H groups in total. The van der Waals surface area contributed by atoms with Crippen LogP contribution in [-0.2, 0) is 13.7 Å². The molecule has 6 nitrogen and oxygen atoms in total. The Morgan fingerprint density at radius 1 is 1.16 bits per heavy atom. The van der Waals surface area contributed by atoms with Crippen LogP contribution in [0.2, 0.25) is 0 Å². The minimum Gasteiger partial charge on any atom is -0.481 e. The molecule has 1 aliphatic carbocycles. The van der Waals surface area contributed by atoms with E-state index in [2.05, 4.69) is 33.0 Å². The maximum Gasteiger partial charge on any atom is 0.407 e. The number of hydrogen-bond donors (Lipinski definition) is 2. The summed E-state index contributed by atoms with van der Waals surface area (Å²) in [5.41, 5.74) is -0.0370. The van der Waals surface area contributed by atoms with Crippen molar-refractivity contribution in [2.24, 2.45) is 11.3 Å². The summed E-state index contributed by atoms with van der Waals surface area (Å²) < 4.78 is 10.6. The molecule has 0 heterocycles. The van der Waals surface area contributed by atoms with Gasteiger partial charge in [-0.2, -0.15) is 0 Å². The number of ether oxygens (including phenoxy) is 1. The molecular formula is C18H35NO5S. The van der Waals surface area contributed by atoms with Crippen LogP contribution in [0.5, 0.6) is 0 Å². The molecule has 0 saturated heterocycles. The zero-order chi connectivity index (χ0) is 19.8. The molecule has 0 bridgehead atoms. The van der Waals surface area contributed by atoms with Crippen molar-refractivity contribution in [1.29, 1.82) is 0 Å². The molecule has 1 saturated carbocycles. The maximum atomic E-state index is 11.7. The van der Waals surface area contributed by atoms with Crippen molar-refractivity contribution in [2.75, 3.05) is 6.26 Å². The summed E-state index contributed by atoms with van der Waals surface area (Å²) >= 11 is 1.17. The summed E-state index contributed by atoms with van der Waals surface area (Å²) in [4.78, 5) is 22.7.